The van der Waals surface area contributed by atoms with Gasteiger partial charge in [-0.05, 0) is 61.0 Å². The van der Waals surface area contributed by atoms with Crippen molar-refractivity contribution in [2.45, 2.75) is 66.4 Å². The summed E-state index contributed by atoms with van der Waals surface area (Å²) < 4.78 is 0. The van der Waals surface area contributed by atoms with Crippen LogP contribution in [0.4, 0.5) is 0 Å². The summed E-state index contributed by atoms with van der Waals surface area (Å²) in [6.07, 6.45) is 2.57. The average Bonchev–Trinajstić information content (AvgIpc) is 2.66. The van der Waals surface area contributed by atoms with Gasteiger partial charge in [0.25, 0.3) is 0 Å². The van der Waals surface area contributed by atoms with Crippen molar-refractivity contribution in [1.82, 2.24) is 0 Å². The summed E-state index contributed by atoms with van der Waals surface area (Å²) in [4.78, 5) is 0. The van der Waals surface area contributed by atoms with E-state index in [0.29, 0.717) is 17.8 Å². The van der Waals surface area contributed by atoms with Crippen LogP contribution in [0.2, 0.25) is 0 Å². The standard InChI is InChI=1S/C27H38O/c1-17-14-24-21(5)19(3)16-27(28,26(24,7)8)25(22(6)20(17)4)15-18(2)23-12-10-9-11-13-23/h9-13,19-20,22,25,28H,1-2,14-16H2,3-8H3/t19-,20?,22-,25-,27?/m0/s1. The second-order valence-corrected chi connectivity index (χ2v) is 10.1. The molecule has 1 heteroatoms. The van der Waals surface area contributed by atoms with Crippen LogP contribution < -0.4 is 0 Å². The van der Waals surface area contributed by atoms with Crippen LogP contribution in [0.5, 0.6) is 0 Å². The lowest BCUT2D eigenvalue weighted by atomic mass is 9.49. The van der Waals surface area contributed by atoms with Crippen LogP contribution >= 0.6 is 0 Å². The van der Waals surface area contributed by atoms with Crippen LogP contribution in [0.3, 0.4) is 0 Å². The number of benzene rings is 1. The molecule has 5 atom stereocenters. The van der Waals surface area contributed by atoms with Crippen molar-refractivity contribution in [3.63, 3.8) is 0 Å². The Labute approximate surface area is 172 Å². The second kappa shape index (κ2) is 7.34. The van der Waals surface area contributed by atoms with E-state index in [-0.39, 0.29) is 11.3 Å². The summed E-state index contributed by atoms with van der Waals surface area (Å²) in [5.74, 6) is 1.28. The third-order valence-electron chi connectivity index (χ3n) is 8.40. The van der Waals surface area contributed by atoms with Crippen LogP contribution in [0, 0.1) is 29.1 Å². The summed E-state index contributed by atoms with van der Waals surface area (Å²) in [5.41, 5.74) is 5.48. The lowest BCUT2D eigenvalue weighted by Gasteiger charge is -2.58. The maximum absolute atomic E-state index is 12.3. The van der Waals surface area contributed by atoms with E-state index >= 15 is 0 Å². The predicted octanol–water partition coefficient (Wildman–Crippen LogP) is 7.05. The largest absolute Gasteiger partial charge is 0.389 e. The fourth-order valence-electron chi connectivity index (χ4n) is 5.86. The van der Waals surface area contributed by atoms with E-state index in [4.69, 9.17) is 0 Å². The first kappa shape index (κ1) is 21.1. The van der Waals surface area contributed by atoms with E-state index in [2.05, 4.69) is 79.0 Å². The number of fused-ring (bicyclic) bond motifs is 2. The number of aliphatic hydroxyl groups is 1. The Bertz CT molecular complexity index is 797. The molecule has 2 aliphatic carbocycles. The molecule has 28 heavy (non-hydrogen) atoms. The quantitative estimate of drug-likeness (QED) is 0.559. The Balaban J connectivity index is 2.10. The van der Waals surface area contributed by atoms with Crippen molar-refractivity contribution in [2.24, 2.45) is 29.1 Å². The van der Waals surface area contributed by atoms with E-state index in [1.165, 1.54) is 22.3 Å². The minimum Gasteiger partial charge on any atom is -0.389 e. The zero-order chi connectivity index (χ0) is 20.9. The molecular formula is C27H38O. The number of hydrogen-bond donors (Lipinski definition) is 1. The fourth-order valence-corrected chi connectivity index (χ4v) is 5.86. The molecule has 0 heterocycles. The highest BCUT2D eigenvalue weighted by atomic mass is 16.3. The SMILES string of the molecule is C=C(C[C@H]1[C@@H](C)C(C)C(=C)CC2=C(C)[C@@H](C)CC1(O)C2(C)C)c1ccccc1. The monoisotopic (exact) mass is 378 g/mol. The van der Waals surface area contributed by atoms with Crippen molar-refractivity contribution in [1.29, 1.82) is 0 Å². The molecule has 1 nitrogen and oxygen atoms in total. The molecule has 0 spiro atoms. The van der Waals surface area contributed by atoms with Gasteiger partial charge in [0.2, 0.25) is 0 Å². The smallest absolute Gasteiger partial charge is 0.0775 e. The van der Waals surface area contributed by atoms with E-state index in [9.17, 15) is 5.11 Å². The summed E-state index contributed by atoms with van der Waals surface area (Å²) in [7, 11) is 0. The molecule has 0 aromatic heterocycles. The van der Waals surface area contributed by atoms with Crippen molar-refractivity contribution in [2.75, 3.05) is 0 Å². The van der Waals surface area contributed by atoms with Gasteiger partial charge in [0, 0.05) is 5.41 Å². The van der Waals surface area contributed by atoms with E-state index in [1.54, 1.807) is 0 Å². The van der Waals surface area contributed by atoms with Crippen LogP contribution in [-0.2, 0) is 0 Å². The first-order chi connectivity index (χ1) is 13.0. The molecule has 1 fully saturated rings. The molecule has 0 radical (unpaired) electrons. The van der Waals surface area contributed by atoms with Gasteiger partial charge < -0.3 is 5.11 Å². The Hall–Kier alpha value is -1.60. The van der Waals surface area contributed by atoms with E-state index in [1.807, 2.05) is 6.07 Å². The molecule has 0 saturated heterocycles. The van der Waals surface area contributed by atoms with Crippen LogP contribution in [0.1, 0.15) is 66.4 Å². The molecule has 1 aromatic carbocycles. The molecule has 152 valence electrons. The lowest BCUT2D eigenvalue weighted by molar-refractivity contribution is -0.137. The average molecular weight is 379 g/mol. The number of allylic oxidation sites excluding steroid dienone is 3. The summed E-state index contributed by atoms with van der Waals surface area (Å²) in [6, 6.07) is 10.4. The minimum atomic E-state index is -0.743. The third kappa shape index (κ3) is 3.22. The fraction of sp³-hybridized carbons (Fsp3) is 0.556. The molecule has 2 unspecified atom stereocenters. The predicted molar refractivity (Wildman–Crippen MR) is 121 cm³/mol. The van der Waals surface area contributed by atoms with Gasteiger partial charge in [-0.2, -0.15) is 0 Å². The Morgan fingerprint density at radius 3 is 2.36 bits per heavy atom. The number of rotatable bonds is 3. The molecule has 1 saturated carbocycles. The summed E-state index contributed by atoms with van der Waals surface area (Å²) in [6.45, 7) is 22.6. The van der Waals surface area contributed by atoms with Gasteiger partial charge >= 0.3 is 0 Å². The van der Waals surface area contributed by atoms with Gasteiger partial charge in [-0.15, -0.1) is 0 Å². The first-order valence-electron chi connectivity index (χ1n) is 10.8. The highest BCUT2D eigenvalue weighted by Gasteiger charge is 2.57. The first-order valence-corrected chi connectivity index (χ1v) is 10.8. The molecule has 0 amide bonds. The molecule has 1 N–H and O–H groups in total. The van der Waals surface area contributed by atoms with Gasteiger partial charge in [-0.1, -0.05) is 94.8 Å². The van der Waals surface area contributed by atoms with Gasteiger partial charge in [0.15, 0.2) is 0 Å². The molecule has 1 aromatic rings. The second-order valence-electron chi connectivity index (χ2n) is 10.1. The Kier molecular flexibility index (Phi) is 5.53. The molecule has 0 aliphatic heterocycles. The van der Waals surface area contributed by atoms with Crippen LogP contribution in [-0.4, -0.2) is 10.7 Å². The minimum absolute atomic E-state index is 0.146. The van der Waals surface area contributed by atoms with Crippen LogP contribution in [0.15, 0.2) is 60.2 Å². The zero-order valence-electron chi connectivity index (χ0n) is 18.7. The molecule has 2 aliphatic rings. The van der Waals surface area contributed by atoms with Crippen molar-refractivity contribution >= 4 is 5.57 Å². The Morgan fingerprint density at radius 2 is 1.75 bits per heavy atom. The third-order valence-corrected chi connectivity index (χ3v) is 8.40. The van der Waals surface area contributed by atoms with E-state index < -0.39 is 5.60 Å². The molecule has 2 bridgehead atoms. The summed E-state index contributed by atoms with van der Waals surface area (Å²) >= 11 is 0. The van der Waals surface area contributed by atoms with Gasteiger partial charge in [0.05, 0.1) is 5.60 Å². The molecule has 3 rings (SSSR count). The topological polar surface area (TPSA) is 20.2 Å². The molecular weight excluding hydrogens is 340 g/mol. The van der Waals surface area contributed by atoms with Crippen molar-refractivity contribution in [3.05, 3.63) is 65.8 Å². The normalized spacial score (nSPS) is 35.3. The van der Waals surface area contributed by atoms with Crippen molar-refractivity contribution in [3.8, 4) is 0 Å². The van der Waals surface area contributed by atoms with Gasteiger partial charge in [0.1, 0.15) is 0 Å². The number of hydrogen-bond acceptors (Lipinski definition) is 1. The zero-order valence-corrected chi connectivity index (χ0v) is 18.7. The summed E-state index contributed by atoms with van der Waals surface area (Å²) in [5, 5.41) is 12.3. The van der Waals surface area contributed by atoms with Gasteiger partial charge in [-0.3, -0.25) is 0 Å². The van der Waals surface area contributed by atoms with E-state index in [0.717, 1.165) is 24.8 Å². The maximum Gasteiger partial charge on any atom is 0.0775 e. The highest BCUT2D eigenvalue weighted by Crippen LogP contribution is 2.59. The lowest BCUT2D eigenvalue weighted by Crippen LogP contribution is -2.58. The van der Waals surface area contributed by atoms with Gasteiger partial charge in [-0.25, -0.2) is 0 Å². The van der Waals surface area contributed by atoms with Crippen molar-refractivity contribution < 1.29 is 5.11 Å². The maximum atomic E-state index is 12.3. The van der Waals surface area contributed by atoms with Crippen LogP contribution in [0.25, 0.3) is 5.57 Å². The highest BCUT2D eigenvalue weighted by molar-refractivity contribution is 5.63. The Morgan fingerprint density at radius 1 is 1.14 bits per heavy atom.